The van der Waals surface area contributed by atoms with Gasteiger partial charge in [-0.1, -0.05) is 24.1 Å². The van der Waals surface area contributed by atoms with Gasteiger partial charge in [0.25, 0.3) is 0 Å². The Bertz CT molecular complexity index is 742. The van der Waals surface area contributed by atoms with Gasteiger partial charge in [-0.15, -0.1) is 0 Å². The lowest BCUT2D eigenvalue weighted by Crippen LogP contribution is -2.12. The lowest BCUT2D eigenvalue weighted by molar-refractivity contribution is -0.111. The summed E-state index contributed by atoms with van der Waals surface area (Å²) in [4.78, 5) is 22.7. The summed E-state index contributed by atoms with van der Waals surface area (Å²) >= 11 is 0. The Hall–Kier alpha value is -3.26. The fourth-order valence-corrected chi connectivity index (χ4v) is 1.62. The third kappa shape index (κ3) is 3.85. The second-order valence-corrected chi connectivity index (χ2v) is 4.11. The monoisotopic (exact) mass is 281 g/mol. The Morgan fingerprint density at radius 2 is 1.76 bits per heavy atom. The number of aromatic carboxylic acids is 1. The molecule has 3 N–H and O–H groups in total. The molecular formula is C16H11NO4. The van der Waals surface area contributed by atoms with Gasteiger partial charge < -0.3 is 15.5 Å². The van der Waals surface area contributed by atoms with Crippen molar-refractivity contribution in [2.24, 2.45) is 0 Å². The van der Waals surface area contributed by atoms with Crippen molar-refractivity contribution in [3.05, 3.63) is 59.7 Å². The van der Waals surface area contributed by atoms with Crippen LogP contribution >= 0.6 is 0 Å². The van der Waals surface area contributed by atoms with Crippen molar-refractivity contribution >= 4 is 17.6 Å². The van der Waals surface area contributed by atoms with Crippen molar-refractivity contribution in [2.75, 3.05) is 5.32 Å². The molecule has 0 heterocycles. The predicted octanol–water partition coefficient (Wildman–Crippen LogP) is 2.08. The van der Waals surface area contributed by atoms with Gasteiger partial charge in [0.2, 0.25) is 0 Å². The highest BCUT2D eigenvalue weighted by molar-refractivity contribution is 6.07. The van der Waals surface area contributed by atoms with Crippen LogP contribution in [0.25, 0.3) is 0 Å². The molecule has 2 aromatic carbocycles. The van der Waals surface area contributed by atoms with Crippen molar-refractivity contribution in [1.29, 1.82) is 0 Å². The number of hydrogen-bond donors (Lipinski definition) is 3. The number of anilines is 1. The molecule has 5 heteroatoms. The topological polar surface area (TPSA) is 86.6 Å². The van der Waals surface area contributed by atoms with Crippen LogP contribution in [0.15, 0.2) is 48.5 Å². The van der Waals surface area contributed by atoms with Crippen LogP contribution in [0.3, 0.4) is 0 Å². The summed E-state index contributed by atoms with van der Waals surface area (Å²) in [5.74, 6) is 2.96. The first-order valence-electron chi connectivity index (χ1n) is 6.00. The number of rotatable bonds is 2. The molecule has 104 valence electrons. The maximum absolute atomic E-state index is 11.7. The van der Waals surface area contributed by atoms with Crippen molar-refractivity contribution in [3.8, 4) is 17.6 Å². The zero-order valence-electron chi connectivity index (χ0n) is 10.8. The van der Waals surface area contributed by atoms with Crippen LogP contribution < -0.4 is 5.32 Å². The summed E-state index contributed by atoms with van der Waals surface area (Å²) in [5, 5.41) is 20.7. The van der Waals surface area contributed by atoms with Crippen LogP contribution in [-0.2, 0) is 4.79 Å². The van der Waals surface area contributed by atoms with E-state index in [1.165, 1.54) is 12.1 Å². The lowest BCUT2D eigenvalue weighted by Gasteiger charge is -2.05. The van der Waals surface area contributed by atoms with Gasteiger partial charge in [0, 0.05) is 11.5 Å². The van der Waals surface area contributed by atoms with E-state index in [1.807, 2.05) is 6.07 Å². The number of nitrogens with one attached hydrogen (secondary N) is 1. The molecule has 0 aliphatic carbocycles. The third-order valence-corrected chi connectivity index (χ3v) is 2.58. The van der Waals surface area contributed by atoms with E-state index < -0.39 is 11.9 Å². The molecule has 2 rings (SSSR count). The molecule has 0 radical (unpaired) electrons. The SMILES string of the molecule is O=C(C#Cc1ccccc1)Nc1ccc(O)cc1C(=O)O. The number of carbonyl (C=O) groups excluding carboxylic acids is 1. The maximum Gasteiger partial charge on any atom is 0.337 e. The highest BCUT2D eigenvalue weighted by atomic mass is 16.4. The summed E-state index contributed by atoms with van der Waals surface area (Å²) in [6, 6.07) is 12.6. The molecule has 2 aromatic rings. The Balaban J connectivity index is 2.18. The first-order valence-corrected chi connectivity index (χ1v) is 6.00. The number of aromatic hydroxyl groups is 1. The number of carboxylic acid groups (broad SMARTS) is 1. The number of benzene rings is 2. The van der Waals surface area contributed by atoms with E-state index >= 15 is 0 Å². The molecule has 0 bridgehead atoms. The fourth-order valence-electron chi connectivity index (χ4n) is 1.62. The first kappa shape index (κ1) is 14.2. The number of hydrogen-bond acceptors (Lipinski definition) is 3. The first-order chi connectivity index (χ1) is 10.1. The number of carboxylic acids is 1. The van der Waals surface area contributed by atoms with Crippen LogP contribution in [0.4, 0.5) is 5.69 Å². The van der Waals surface area contributed by atoms with Crippen molar-refractivity contribution in [2.45, 2.75) is 0 Å². The largest absolute Gasteiger partial charge is 0.508 e. The summed E-state index contributed by atoms with van der Waals surface area (Å²) < 4.78 is 0. The smallest absolute Gasteiger partial charge is 0.337 e. The molecule has 0 fully saturated rings. The summed E-state index contributed by atoms with van der Waals surface area (Å²) in [6.45, 7) is 0. The average molecular weight is 281 g/mol. The summed E-state index contributed by atoms with van der Waals surface area (Å²) in [6.07, 6.45) is 0. The number of phenolic OH excluding ortho intramolecular Hbond substituents is 1. The zero-order valence-corrected chi connectivity index (χ0v) is 10.8. The standard InChI is InChI=1S/C16H11NO4/c18-12-7-8-14(13(10-12)16(20)21)17-15(19)9-6-11-4-2-1-3-5-11/h1-5,7-8,10,18H,(H,17,19)(H,20,21). The summed E-state index contributed by atoms with van der Waals surface area (Å²) in [7, 11) is 0. The van der Waals surface area contributed by atoms with E-state index in [1.54, 1.807) is 24.3 Å². The Morgan fingerprint density at radius 3 is 2.43 bits per heavy atom. The van der Waals surface area contributed by atoms with E-state index in [2.05, 4.69) is 17.2 Å². The van der Waals surface area contributed by atoms with Crippen LogP contribution in [0.5, 0.6) is 5.75 Å². The Morgan fingerprint density at radius 1 is 1.05 bits per heavy atom. The van der Waals surface area contributed by atoms with Crippen LogP contribution in [0.2, 0.25) is 0 Å². The third-order valence-electron chi connectivity index (χ3n) is 2.58. The minimum atomic E-state index is -1.25. The Kier molecular flexibility index (Phi) is 4.22. The highest BCUT2D eigenvalue weighted by Crippen LogP contribution is 2.21. The van der Waals surface area contributed by atoms with Crippen LogP contribution in [0.1, 0.15) is 15.9 Å². The number of phenols is 1. The van der Waals surface area contributed by atoms with Gasteiger partial charge in [0.15, 0.2) is 0 Å². The van der Waals surface area contributed by atoms with E-state index in [0.717, 1.165) is 6.07 Å². The van der Waals surface area contributed by atoms with Crippen LogP contribution in [0, 0.1) is 11.8 Å². The summed E-state index contributed by atoms with van der Waals surface area (Å²) in [5.41, 5.74) is 0.550. The molecule has 0 unspecified atom stereocenters. The highest BCUT2D eigenvalue weighted by Gasteiger charge is 2.12. The number of carbonyl (C=O) groups is 2. The van der Waals surface area contributed by atoms with E-state index in [-0.39, 0.29) is 17.0 Å². The fraction of sp³-hybridized carbons (Fsp3) is 0. The molecule has 0 atom stereocenters. The normalized spacial score (nSPS) is 9.33. The van der Waals surface area contributed by atoms with Gasteiger partial charge in [-0.2, -0.15) is 0 Å². The molecule has 0 aliphatic heterocycles. The molecule has 0 saturated heterocycles. The molecule has 5 nitrogen and oxygen atoms in total. The van der Waals surface area contributed by atoms with Gasteiger partial charge in [0.1, 0.15) is 5.75 Å². The minimum Gasteiger partial charge on any atom is -0.508 e. The van der Waals surface area contributed by atoms with E-state index in [0.29, 0.717) is 5.56 Å². The van der Waals surface area contributed by atoms with E-state index in [4.69, 9.17) is 5.11 Å². The molecule has 0 saturated carbocycles. The molecular weight excluding hydrogens is 270 g/mol. The Labute approximate surface area is 120 Å². The molecule has 1 amide bonds. The zero-order chi connectivity index (χ0) is 15.2. The predicted molar refractivity (Wildman–Crippen MR) is 77.0 cm³/mol. The van der Waals surface area contributed by atoms with E-state index in [9.17, 15) is 14.7 Å². The molecule has 0 aromatic heterocycles. The molecule has 0 aliphatic rings. The lowest BCUT2D eigenvalue weighted by atomic mass is 10.1. The quantitative estimate of drug-likeness (QED) is 0.581. The van der Waals surface area contributed by atoms with Gasteiger partial charge in [-0.25, -0.2) is 4.79 Å². The molecule has 21 heavy (non-hydrogen) atoms. The van der Waals surface area contributed by atoms with Gasteiger partial charge in [-0.05, 0) is 30.3 Å². The van der Waals surface area contributed by atoms with Gasteiger partial charge in [0.05, 0.1) is 11.3 Å². The second-order valence-electron chi connectivity index (χ2n) is 4.11. The van der Waals surface area contributed by atoms with Gasteiger partial charge >= 0.3 is 11.9 Å². The number of amides is 1. The van der Waals surface area contributed by atoms with Crippen LogP contribution in [-0.4, -0.2) is 22.1 Å². The average Bonchev–Trinajstić information content (AvgIpc) is 2.48. The van der Waals surface area contributed by atoms with Crippen molar-refractivity contribution in [1.82, 2.24) is 0 Å². The molecule has 0 spiro atoms. The minimum absolute atomic E-state index is 0.0765. The maximum atomic E-state index is 11.7. The van der Waals surface area contributed by atoms with Crippen molar-refractivity contribution in [3.63, 3.8) is 0 Å². The second kappa shape index (κ2) is 6.26. The van der Waals surface area contributed by atoms with Crippen molar-refractivity contribution < 1.29 is 19.8 Å². The van der Waals surface area contributed by atoms with Gasteiger partial charge in [-0.3, -0.25) is 4.79 Å².